The van der Waals surface area contributed by atoms with E-state index in [0.29, 0.717) is 11.7 Å². The normalized spacial score (nSPS) is 20.0. The lowest BCUT2D eigenvalue weighted by Gasteiger charge is -2.26. The molecule has 1 fully saturated rings. The molecular weight excluding hydrogens is 379 g/mol. The number of ether oxygens (including phenoxy) is 1. The molecule has 1 aromatic heterocycles. The van der Waals surface area contributed by atoms with E-state index in [9.17, 15) is 9.36 Å². The van der Waals surface area contributed by atoms with Crippen LogP contribution < -0.4 is 0 Å². The first kappa shape index (κ1) is 23.1. The summed E-state index contributed by atoms with van der Waals surface area (Å²) in [6, 6.07) is 0. The van der Waals surface area contributed by atoms with Gasteiger partial charge in [0.05, 0.1) is 6.61 Å². The van der Waals surface area contributed by atoms with Gasteiger partial charge in [0.25, 0.3) is 0 Å². The average Bonchev–Trinajstić information content (AvgIpc) is 2.99. The molecule has 0 N–H and O–H groups in total. The van der Waals surface area contributed by atoms with E-state index in [1.165, 1.54) is 38.8 Å². The van der Waals surface area contributed by atoms with Crippen molar-refractivity contribution in [3.63, 3.8) is 0 Å². The molecule has 0 saturated heterocycles. The first-order valence-electron chi connectivity index (χ1n) is 10.4. The molecule has 2 unspecified atom stereocenters. The highest BCUT2D eigenvalue weighted by molar-refractivity contribution is 7.60. The Kier molecular flexibility index (Phi) is 8.26. The molecule has 0 bridgehead atoms. The van der Waals surface area contributed by atoms with Crippen LogP contribution in [-0.4, -0.2) is 40.6 Å². The second-order valence-electron chi connectivity index (χ2n) is 8.67. The molecule has 1 heterocycles. The van der Waals surface area contributed by atoms with Gasteiger partial charge >= 0.3 is 5.97 Å². The summed E-state index contributed by atoms with van der Waals surface area (Å²) in [5.74, 6) is 0.743. The molecule has 7 nitrogen and oxygen atoms in total. The average molecular weight is 414 g/mol. The number of hydrogen-bond donors (Lipinski definition) is 0. The van der Waals surface area contributed by atoms with Gasteiger partial charge in [-0.25, -0.2) is 0 Å². The van der Waals surface area contributed by atoms with Crippen LogP contribution in [-0.2, 0) is 25.0 Å². The van der Waals surface area contributed by atoms with E-state index in [2.05, 4.69) is 10.1 Å². The van der Waals surface area contributed by atoms with Crippen LogP contribution in [0, 0.1) is 0 Å². The SMILES string of the molecule is CCOP(C)(=O)C(Cc1nc(C2CCCCCCC2)no1)C(=O)OC(C)(C)C. The smallest absolute Gasteiger partial charge is 0.319 e. The number of rotatable bonds is 7. The van der Waals surface area contributed by atoms with Crippen molar-refractivity contribution in [2.75, 3.05) is 13.3 Å². The van der Waals surface area contributed by atoms with Crippen LogP contribution in [0.3, 0.4) is 0 Å². The van der Waals surface area contributed by atoms with Crippen molar-refractivity contribution in [1.82, 2.24) is 10.1 Å². The Morgan fingerprint density at radius 1 is 1.21 bits per heavy atom. The highest BCUT2D eigenvalue weighted by Gasteiger charge is 2.40. The van der Waals surface area contributed by atoms with Crippen molar-refractivity contribution >= 4 is 13.3 Å². The van der Waals surface area contributed by atoms with Crippen molar-refractivity contribution in [3.8, 4) is 0 Å². The maximum atomic E-state index is 13.0. The molecule has 1 aliphatic rings. The third-order valence-electron chi connectivity index (χ3n) is 4.95. The fourth-order valence-electron chi connectivity index (χ4n) is 3.55. The second-order valence-corrected chi connectivity index (χ2v) is 11.4. The van der Waals surface area contributed by atoms with Crippen molar-refractivity contribution in [2.24, 2.45) is 0 Å². The zero-order valence-electron chi connectivity index (χ0n) is 17.9. The monoisotopic (exact) mass is 414 g/mol. The molecule has 160 valence electrons. The van der Waals surface area contributed by atoms with E-state index >= 15 is 0 Å². The topological polar surface area (TPSA) is 91.5 Å². The lowest BCUT2D eigenvalue weighted by molar-refractivity contribution is -0.154. The Balaban J connectivity index is 2.16. The van der Waals surface area contributed by atoms with Crippen LogP contribution in [0.15, 0.2) is 4.52 Å². The molecule has 1 saturated carbocycles. The van der Waals surface area contributed by atoms with E-state index in [4.69, 9.17) is 13.8 Å². The standard InChI is InChI=1S/C20H35N2O5P/c1-6-25-28(5,24)16(19(23)26-20(2,3)4)14-17-21-18(22-27-17)15-12-10-8-7-9-11-13-15/h15-16H,6-14H2,1-5H3. The molecule has 0 radical (unpaired) electrons. The minimum atomic E-state index is -3.25. The minimum Gasteiger partial charge on any atom is -0.459 e. The lowest BCUT2D eigenvalue weighted by atomic mass is 9.91. The number of hydrogen-bond acceptors (Lipinski definition) is 7. The molecule has 1 aromatic rings. The van der Waals surface area contributed by atoms with Gasteiger partial charge in [0.1, 0.15) is 11.3 Å². The molecule has 0 aliphatic heterocycles. The summed E-state index contributed by atoms with van der Waals surface area (Å²) in [5, 5.41) is 4.16. The molecular formula is C20H35N2O5P. The van der Waals surface area contributed by atoms with E-state index in [0.717, 1.165) is 12.8 Å². The number of aromatic nitrogens is 2. The van der Waals surface area contributed by atoms with Gasteiger partial charge in [-0.15, -0.1) is 0 Å². The van der Waals surface area contributed by atoms with Gasteiger partial charge < -0.3 is 13.8 Å². The second kappa shape index (κ2) is 10.0. The molecule has 8 heteroatoms. The highest BCUT2D eigenvalue weighted by atomic mass is 31.2. The molecule has 0 amide bonds. The largest absolute Gasteiger partial charge is 0.459 e. The Morgan fingerprint density at radius 2 is 1.82 bits per heavy atom. The molecule has 2 rings (SSSR count). The number of carbonyl (C=O) groups excluding carboxylic acids is 1. The Morgan fingerprint density at radius 3 is 2.39 bits per heavy atom. The van der Waals surface area contributed by atoms with Crippen molar-refractivity contribution in [2.45, 2.75) is 96.2 Å². The van der Waals surface area contributed by atoms with Crippen LogP contribution in [0.5, 0.6) is 0 Å². The van der Waals surface area contributed by atoms with Gasteiger partial charge in [-0.3, -0.25) is 9.36 Å². The van der Waals surface area contributed by atoms with E-state index in [1.54, 1.807) is 27.7 Å². The highest BCUT2D eigenvalue weighted by Crippen LogP contribution is 2.50. The summed E-state index contributed by atoms with van der Waals surface area (Å²) in [7, 11) is -3.25. The van der Waals surface area contributed by atoms with Crippen molar-refractivity contribution in [1.29, 1.82) is 0 Å². The summed E-state index contributed by atoms with van der Waals surface area (Å²) in [4.78, 5) is 17.2. The molecule has 0 spiro atoms. The van der Waals surface area contributed by atoms with Gasteiger partial charge in [0.2, 0.25) is 13.3 Å². The van der Waals surface area contributed by atoms with Gasteiger partial charge in [-0.05, 0) is 40.5 Å². The maximum Gasteiger partial charge on any atom is 0.319 e. The molecule has 0 aromatic carbocycles. The van der Waals surface area contributed by atoms with Crippen LogP contribution in [0.25, 0.3) is 0 Å². The summed E-state index contributed by atoms with van der Waals surface area (Å²) < 4.78 is 29.3. The minimum absolute atomic E-state index is 0.0579. The van der Waals surface area contributed by atoms with Crippen LogP contribution >= 0.6 is 7.37 Å². The molecule has 1 aliphatic carbocycles. The van der Waals surface area contributed by atoms with Gasteiger partial charge in [0.15, 0.2) is 5.82 Å². The first-order chi connectivity index (χ1) is 13.1. The van der Waals surface area contributed by atoms with E-state index in [-0.39, 0.29) is 18.9 Å². The third kappa shape index (κ3) is 7.00. The number of esters is 1. The van der Waals surface area contributed by atoms with E-state index in [1.807, 2.05) is 0 Å². The Hall–Kier alpha value is -1.20. The first-order valence-corrected chi connectivity index (χ1v) is 12.5. The zero-order chi connectivity index (χ0) is 20.8. The third-order valence-corrected chi connectivity index (χ3v) is 7.25. The van der Waals surface area contributed by atoms with E-state index < -0.39 is 24.6 Å². The number of nitrogens with zero attached hydrogens (tertiary/aromatic N) is 2. The Bertz CT molecular complexity index is 674. The quantitative estimate of drug-likeness (QED) is 0.453. The fraction of sp³-hybridized carbons (Fsp3) is 0.850. The van der Waals surface area contributed by atoms with Gasteiger partial charge in [-0.1, -0.05) is 37.3 Å². The summed E-state index contributed by atoms with van der Waals surface area (Å²) in [6.45, 7) is 8.82. The van der Waals surface area contributed by atoms with Crippen molar-refractivity contribution in [3.05, 3.63) is 11.7 Å². The van der Waals surface area contributed by atoms with Gasteiger partial charge in [0, 0.05) is 19.0 Å². The maximum absolute atomic E-state index is 13.0. The van der Waals surface area contributed by atoms with Gasteiger partial charge in [-0.2, -0.15) is 4.98 Å². The summed E-state index contributed by atoms with van der Waals surface area (Å²) in [6.07, 6.45) is 8.30. The fourth-order valence-corrected chi connectivity index (χ4v) is 5.17. The predicted molar refractivity (Wildman–Crippen MR) is 108 cm³/mol. The summed E-state index contributed by atoms with van der Waals surface area (Å²) in [5.41, 5.74) is -1.64. The zero-order valence-corrected chi connectivity index (χ0v) is 18.8. The van der Waals surface area contributed by atoms with Crippen molar-refractivity contribution < 1.29 is 23.1 Å². The van der Waals surface area contributed by atoms with Crippen LogP contribution in [0.1, 0.15) is 90.3 Å². The summed E-state index contributed by atoms with van der Waals surface area (Å²) >= 11 is 0. The number of carbonyl (C=O) groups is 1. The van der Waals surface area contributed by atoms with Crippen LogP contribution in [0.2, 0.25) is 0 Å². The predicted octanol–water partition coefficient (Wildman–Crippen LogP) is 5.09. The molecule has 28 heavy (non-hydrogen) atoms. The van der Waals surface area contributed by atoms with Crippen LogP contribution in [0.4, 0.5) is 0 Å². The lowest BCUT2D eigenvalue weighted by Crippen LogP contribution is -2.33. The molecule has 2 atom stereocenters. The Labute approximate surface area is 168 Å².